The topological polar surface area (TPSA) is 96.4 Å². The molecular weight excluding hydrogens is 250 g/mol. The first kappa shape index (κ1) is 15.0. The number of aryl methyl sites for hydroxylation is 1. The van der Waals surface area contributed by atoms with Crippen LogP contribution in [0.5, 0.6) is 0 Å². The Hall–Kier alpha value is -2.05. The van der Waals surface area contributed by atoms with Gasteiger partial charge in [0.2, 0.25) is 5.95 Å². The maximum absolute atomic E-state index is 11.8. The van der Waals surface area contributed by atoms with Gasteiger partial charge in [-0.15, -0.1) is 0 Å². The Bertz CT molecular complexity index is 474. The number of carbonyl (C=O) groups excluding carboxylic acids is 2. The summed E-state index contributed by atoms with van der Waals surface area (Å²) in [4.78, 5) is 26.8. The maximum atomic E-state index is 11.8. The number of imidazole rings is 1. The van der Waals surface area contributed by atoms with Crippen molar-refractivity contribution in [2.24, 2.45) is 0 Å². The molecule has 19 heavy (non-hydrogen) atoms. The second kappa shape index (κ2) is 5.73. The van der Waals surface area contributed by atoms with Crippen LogP contribution in [0.4, 0.5) is 10.7 Å². The second-order valence-electron chi connectivity index (χ2n) is 5.02. The Morgan fingerprint density at radius 3 is 2.58 bits per heavy atom. The van der Waals surface area contributed by atoms with Crippen LogP contribution in [-0.2, 0) is 20.7 Å². The highest BCUT2D eigenvalue weighted by Crippen LogP contribution is 2.13. The zero-order chi connectivity index (χ0) is 14.6. The molecule has 0 amide bonds. The molecule has 0 aliphatic rings. The minimum absolute atomic E-state index is 0.0362. The van der Waals surface area contributed by atoms with Crippen molar-refractivity contribution in [3.63, 3.8) is 0 Å². The van der Waals surface area contributed by atoms with Gasteiger partial charge in [-0.3, -0.25) is 4.79 Å². The first-order valence-electron chi connectivity index (χ1n) is 5.87. The van der Waals surface area contributed by atoms with E-state index in [2.05, 4.69) is 9.72 Å². The van der Waals surface area contributed by atoms with Crippen LogP contribution in [0.25, 0.3) is 0 Å². The molecule has 1 heterocycles. The largest absolute Gasteiger partial charge is 0.469 e. The van der Waals surface area contributed by atoms with E-state index < -0.39 is 11.7 Å². The van der Waals surface area contributed by atoms with Gasteiger partial charge in [0.15, 0.2) is 0 Å². The number of nitrogen functional groups attached to an aromatic ring is 1. The van der Waals surface area contributed by atoms with Gasteiger partial charge in [-0.2, -0.15) is 0 Å². The van der Waals surface area contributed by atoms with Gasteiger partial charge in [-0.25, -0.2) is 14.3 Å². The number of hydrogen-bond acceptors (Lipinski definition) is 6. The molecule has 2 N–H and O–H groups in total. The highest BCUT2D eigenvalue weighted by Gasteiger charge is 2.20. The lowest BCUT2D eigenvalue weighted by Crippen LogP contribution is -2.27. The van der Waals surface area contributed by atoms with E-state index >= 15 is 0 Å². The first-order chi connectivity index (χ1) is 8.73. The van der Waals surface area contributed by atoms with Crippen LogP contribution >= 0.6 is 0 Å². The van der Waals surface area contributed by atoms with Crippen molar-refractivity contribution >= 4 is 18.0 Å². The molecule has 0 radical (unpaired) electrons. The van der Waals surface area contributed by atoms with Crippen molar-refractivity contribution in [3.05, 3.63) is 11.9 Å². The average Bonchev–Trinajstić information content (AvgIpc) is 2.65. The summed E-state index contributed by atoms with van der Waals surface area (Å²) in [5.74, 6) is -0.306. The molecule has 1 rings (SSSR count). The number of hydrogen-bond donors (Lipinski definition) is 1. The lowest BCUT2D eigenvalue weighted by Gasteiger charge is -2.19. The number of carbonyl (C=O) groups is 2. The van der Waals surface area contributed by atoms with E-state index in [4.69, 9.17) is 10.5 Å². The number of nitrogens with two attached hydrogens (primary N) is 1. The summed E-state index contributed by atoms with van der Waals surface area (Å²) in [5.41, 5.74) is 5.56. The van der Waals surface area contributed by atoms with Crippen LogP contribution in [0.15, 0.2) is 6.20 Å². The van der Waals surface area contributed by atoms with Gasteiger partial charge in [0.25, 0.3) is 0 Å². The normalized spacial score (nSPS) is 11.2. The lowest BCUT2D eigenvalue weighted by molar-refractivity contribution is -0.140. The smallest absolute Gasteiger partial charge is 0.421 e. The van der Waals surface area contributed by atoms with Crippen molar-refractivity contribution < 1.29 is 19.1 Å². The summed E-state index contributed by atoms with van der Waals surface area (Å²) in [6, 6.07) is 0. The van der Waals surface area contributed by atoms with E-state index in [1.54, 1.807) is 20.8 Å². The fourth-order valence-electron chi connectivity index (χ4n) is 1.36. The van der Waals surface area contributed by atoms with Gasteiger partial charge in [0.1, 0.15) is 5.60 Å². The van der Waals surface area contributed by atoms with Gasteiger partial charge < -0.3 is 15.2 Å². The minimum Gasteiger partial charge on any atom is -0.469 e. The SMILES string of the molecule is COC(=O)CCc1cn(C(=O)OC(C)(C)C)c(N)n1. The van der Waals surface area contributed by atoms with Crippen molar-refractivity contribution in [1.82, 2.24) is 9.55 Å². The Labute approximate surface area is 111 Å². The number of methoxy groups -OCH3 is 1. The lowest BCUT2D eigenvalue weighted by atomic mass is 10.2. The Kier molecular flexibility index (Phi) is 4.52. The Morgan fingerprint density at radius 2 is 2.05 bits per heavy atom. The molecule has 1 aromatic rings. The van der Waals surface area contributed by atoms with E-state index in [0.717, 1.165) is 4.57 Å². The van der Waals surface area contributed by atoms with Crippen LogP contribution in [0.1, 0.15) is 32.9 Å². The Morgan fingerprint density at radius 1 is 1.42 bits per heavy atom. The molecule has 106 valence electrons. The highest BCUT2D eigenvalue weighted by atomic mass is 16.6. The van der Waals surface area contributed by atoms with Crippen LogP contribution in [-0.4, -0.2) is 34.3 Å². The zero-order valence-electron chi connectivity index (χ0n) is 11.6. The fraction of sp³-hybridized carbons (Fsp3) is 0.583. The van der Waals surface area contributed by atoms with E-state index in [1.807, 2.05) is 0 Å². The maximum Gasteiger partial charge on any atom is 0.421 e. The molecule has 0 atom stereocenters. The molecule has 7 nitrogen and oxygen atoms in total. The summed E-state index contributed by atoms with van der Waals surface area (Å²) >= 11 is 0. The molecule has 0 saturated heterocycles. The standard InChI is InChI=1S/C12H19N3O4/c1-12(2,3)19-11(17)15-7-8(14-10(15)13)5-6-9(16)18-4/h7H,5-6H2,1-4H3,(H2,13,14). The third-order valence-electron chi connectivity index (χ3n) is 2.19. The van der Waals surface area contributed by atoms with E-state index in [9.17, 15) is 9.59 Å². The van der Waals surface area contributed by atoms with Gasteiger partial charge in [0, 0.05) is 12.6 Å². The monoisotopic (exact) mass is 269 g/mol. The quantitative estimate of drug-likeness (QED) is 0.832. The van der Waals surface area contributed by atoms with Crippen molar-refractivity contribution in [2.45, 2.75) is 39.2 Å². The number of nitrogens with zero attached hydrogens (tertiary/aromatic N) is 2. The zero-order valence-corrected chi connectivity index (χ0v) is 11.6. The Balaban J connectivity index is 2.74. The third kappa shape index (κ3) is 4.61. The van der Waals surface area contributed by atoms with E-state index in [0.29, 0.717) is 12.1 Å². The van der Waals surface area contributed by atoms with Crippen LogP contribution in [0.2, 0.25) is 0 Å². The molecule has 7 heteroatoms. The second-order valence-corrected chi connectivity index (χ2v) is 5.02. The molecule has 0 aliphatic heterocycles. The molecule has 0 aromatic carbocycles. The third-order valence-corrected chi connectivity index (χ3v) is 2.19. The van der Waals surface area contributed by atoms with Crippen LogP contribution < -0.4 is 5.73 Å². The summed E-state index contributed by atoms with van der Waals surface area (Å²) in [6.45, 7) is 5.28. The predicted octanol–water partition coefficient (Wildman–Crippen LogP) is 1.35. The van der Waals surface area contributed by atoms with Crippen molar-refractivity contribution in [1.29, 1.82) is 0 Å². The van der Waals surface area contributed by atoms with Gasteiger partial charge in [-0.1, -0.05) is 0 Å². The molecule has 0 unspecified atom stereocenters. The molecule has 0 saturated carbocycles. The average molecular weight is 269 g/mol. The number of rotatable bonds is 3. The first-order valence-corrected chi connectivity index (χ1v) is 5.87. The number of ether oxygens (including phenoxy) is 2. The molecule has 0 spiro atoms. The summed E-state index contributed by atoms with van der Waals surface area (Å²) in [6.07, 6.45) is 1.40. The fourth-order valence-corrected chi connectivity index (χ4v) is 1.36. The minimum atomic E-state index is -0.611. The van der Waals surface area contributed by atoms with E-state index in [1.165, 1.54) is 13.3 Å². The van der Waals surface area contributed by atoms with Crippen molar-refractivity contribution in [2.75, 3.05) is 12.8 Å². The van der Waals surface area contributed by atoms with Crippen LogP contribution in [0.3, 0.4) is 0 Å². The van der Waals surface area contributed by atoms with E-state index in [-0.39, 0.29) is 18.3 Å². The summed E-state index contributed by atoms with van der Waals surface area (Å²) < 4.78 is 10.8. The molecule has 0 fully saturated rings. The highest BCUT2D eigenvalue weighted by molar-refractivity contribution is 5.74. The molecular formula is C12H19N3O4. The van der Waals surface area contributed by atoms with Gasteiger partial charge in [0.05, 0.1) is 19.2 Å². The summed E-state index contributed by atoms with van der Waals surface area (Å²) in [7, 11) is 1.32. The molecule has 0 aliphatic carbocycles. The molecule has 1 aromatic heterocycles. The number of esters is 1. The van der Waals surface area contributed by atoms with Crippen LogP contribution in [0, 0.1) is 0 Å². The van der Waals surface area contributed by atoms with Gasteiger partial charge in [-0.05, 0) is 20.8 Å². The molecule has 0 bridgehead atoms. The predicted molar refractivity (Wildman–Crippen MR) is 68.6 cm³/mol. The number of aromatic nitrogens is 2. The number of anilines is 1. The summed E-state index contributed by atoms with van der Waals surface area (Å²) in [5, 5.41) is 0. The van der Waals surface area contributed by atoms with Crippen molar-refractivity contribution in [3.8, 4) is 0 Å². The van der Waals surface area contributed by atoms with Gasteiger partial charge >= 0.3 is 12.1 Å².